The van der Waals surface area contributed by atoms with Gasteiger partial charge in [0.1, 0.15) is 0 Å². The molecule has 1 amide bonds. The molecule has 0 unspecified atom stereocenters. The third kappa shape index (κ3) is 5.36. The van der Waals surface area contributed by atoms with Crippen LogP contribution in [0.2, 0.25) is 0 Å². The molecule has 2 aromatic carbocycles. The number of benzene rings is 2. The van der Waals surface area contributed by atoms with Crippen molar-refractivity contribution in [3.8, 4) is 0 Å². The maximum atomic E-state index is 12.1. The van der Waals surface area contributed by atoms with Crippen LogP contribution in [0.4, 0.5) is 5.69 Å². The summed E-state index contributed by atoms with van der Waals surface area (Å²) in [6.45, 7) is 0. The van der Waals surface area contributed by atoms with E-state index in [1.165, 1.54) is 6.08 Å². The lowest BCUT2D eigenvalue weighted by Crippen LogP contribution is -2.18. The van der Waals surface area contributed by atoms with E-state index in [2.05, 4.69) is 5.32 Å². The number of carbonyl (C=O) groups excluding carboxylic acids is 1. The Kier molecular flexibility index (Phi) is 6.54. The fourth-order valence-electron chi connectivity index (χ4n) is 2.17. The summed E-state index contributed by atoms with van der Waals surface area (Å²) < 4.78 is 10.4. The topological polar surface area (TPSA) is 47.6 Å². The molecule has 4 nitrogen and oxygen atoms in total. The van der Waals surface area contributed by atoms with Crippen molar-refractivity contribution in [1.29, 1.82) is 0 Å². The number of hydrogen-bond acceptors (Lipinski definition) is 3. The highest BCUT2D eigenvalue weighted by Crippen LogP contribution is 2.18. The summed E-state index contributed by atoms with van der Waals surface area (Å²) in [5.74, 6) is -0.173. The van der Waals surface area contributed by atoms with Crippen LogP contribution in [0.5, 0.6) is 0 Å². The summed E-state index contributed by atoms with van der Waals surface area (Å²) in [7, 11) is 3.19. The van der Waals surface area contributed by atoms with Crippen LogP contribution in [0.15, 0.2) is 60.7 Å². The van der Waals surface area contributed by atoms with Crippen LogP contribution in [0.1, 0.15) is 11.1 Å². The molecule has 0 bridgehead atoms. The molecule has 4 heteroatoms. The standard InChI is InChI=1S/C19H21NO3/c1-22-19(23-2)14-16-10-6-7-11-17(16)20-18(21)13-12-15-8-4-3-5-9-15/h3-13,19H,14H2,1-2H3,(H,20,21)/b13-12+. The highest BCUT2D eigenvalue weighted by atomic mass is 16.7. The normalized spacial score (nSPS) is 11.1. The van der Waals surface area contributed by atoms with Gasteiger partial charge >= 0.3 is 0 Å². The van der Waals surface area contributed by atoms with Crippen LogP contribution in [-0.2, 0) is 20.7 Å². The van der Waals surface area contributed by atoms with Gasteiger partial charge in [-0.15, -0.1) is 0 Å². The van der Waals surface area contributed by atoms with Gasteiger partial charge in [-0.3, -0.25) is 4.79 Å². The number of amides is 1. The minimum absolute atomic E-state index is 0.173. The second-order valence-electron chi connectivity index (χ2n) is 5.00. The minimum Gasteiger partial charge on any atom is -0.356 e. The zero-order chi connectivity index (χ0) is 16.5. The van der Waals surface area contributed by atoms with Crippen molar-refractivity contribution >= 4 is 17.7 Å². The average Bonchev–Trinajstić information content (AvgIpc) is 2.60. The van der Waals surface area contributed by atoms with E-state index in [0.717, 1.165) is 16.8 Å². The Morgan fingerprint density at radius 3 is 2.39 bits per heavy atom. The smallest absolute Gasteiger partial charge is 0.248 e. The maximum Gasteiger partial charge on any atom is 0.248 e. The Hall–Kier alpha value is -2.43. The predicted molar refractivity (Wildman–Crippen MR) is 92.1 cm³/mol. The number of nitrogens with one attached hydrogen (secondary N) is 1. The van der Waals surface area contributed by atoms with Gasteiger partial charge in [-0.1, -0.05) is 48.5 Å². The molecule has 120 valence electrons. The zero-order valence-corrected chi connectivity index (χ0v) is 13.4. The Balaban J connectivity index is 2.04. The fraction of sp³-hybridized carbons (Fsp3) is 0.211. The van der Waals surface area contributed by atoms with Crippen LogP contribution in [0.3, 0.4) is 0 Å². The minimum atomic E-state index is -0.340. The molecule has 1 N–H and O–H groups in total. The predicted octanol–water partition coefficient (Wildman–Crippen LogP) is 3.50. The lowest BCUT2D eigenvalue weighted by atomic mass is 10.1. The molecule has 2 rings (SSSR count). The number of ether oxygens (including phenoxy) is 2. The van der Waals surface area contributed by atoms with Gasteiger partial charge in [0, 0.05) is 32.4 Å². The molecule has 0 saturated heterocycles. The van der Waals surface area contributed by atoms with E-state index >= 15 is 0 Å². The monoisotopic (exact) mass is 311 g/mol. The maximum absolute atomic E-state index is 12.1. The molecule has 0 saturated carbocycles. The molecule has 0 aliphatic carbocycles. The van der Waals surface area contributed by atoms with Crippen molar-refractivity contribution < 1.29 is 14.3 Å². The van der Waals surface area contributed by atoms with Crippen molar-refractivity contribution in [3.63, 3.8) is 0 Å². The Morgan fingerprint density at radius 2 is 1.70 bits per heavy atom. The van der Waals surface area contributed by atoms with Gasteiger partial charge in [0.15, 0.2) is 6.29 Å². The number of anilines is 1. The first-order chi connectivity index (χ1) is 11.2. The van der Waals surface area contributed by atoms with Crippen molar-refractivity contribution in [2.24, 2.45) is 0 Å². The molecular weight excluding hydrogens is 290 g/mol. The van der Waals surface area contributed by atoms with Gasteiger partial charge in [0.2, 0.25) is 5.91 Å². The number of methoxy groups -OCH3 is 2. The second-order valence-corrected chi connectivity index (χ2v) is 5.00. The van der Waals surface area contributed by atoms with E-state index in [1.807, 2.05) is 54.6 Å². The molecule has 0 aliphatic rings. The summed E-state index contributed by atoms with van der Waals surface area (Å²) in [5, 5.41) is 2.90. The van der Waals surface area contributed by atoms with Crippen molar-refractivity contribution in [3.05, 3.63) is 71.8 Å². The summed E-state index contributed by atoms with van der Waals surface area (Å²) in [6, 6.07) is 17.3. The van der Waals surface area contributed by atoms with Crippen molar-refractivity contribution in [1.82, 2.24) is 0 Å². The van der Waals surface area contributed by atoms with Gasteiger partial charge in [0.05, 0.1) is 0 Å². The van der Waals surface area contributed by atoms with E-state index < -0.39 is 0 Å². The number of rotatable bonds is 7. The van der Waals surface area contributed by atoms with E-state index in [0.29, 0.717) is 6.42 Å². The molecule has 2 aromatic rings. The Morgan fingerprint density at radius 1 is 1.04 bits per heavy atom. The van der Waals surface area contributed by atoms with Crippen molar-refractivity contribution in [2.75, 3.05) is 19.5 Å². The van der Waals surface area contributed by atoms with Crippen LogP contribution in [0, 0.1) is 0 Å². The largest absolute Gasteiger partial charge is 0.356 e. The quantitative estimate of drug-likeness (QED) is 0.629. The summed E-state index contributed by atoms with van der Waals surface area (Å²) in [6.07, 6.45) is 3.53. The van der Waals surface area contributed by atoms with Gasteiger partial charge in [0.25, 0.3) is 0 Å². The molecule has 0 atom stereocenters. The van der Waals surface area contributed by atoms with E-state index in [4.69, 9.17) is 9.47 Å². The molecular formula is C19H21NO3. The number of hydrogen-bond donors (Lipinski definition) is 1. The van der Waals surface area contributed by atoms with Crippen LogP contribution < -0.4 is 5.32 Å². The first kappa shape index (κ1) is 16.9. The third-order valence-corrected chi connectivity index (χ3v) is 3.41. The first-order valence-corrected chi connectivity index (χ1v) is 7.40. The van der Waals surface area contributed by atoms with Gasteiger partial charge < -0.3 is 14.8 Å². The highest BCUT2D eigenvalue weighted by molar-refractivity contribution is 6.02. The van der Waals surface area contributed by atoms with Gasteiger partial charge in [-0.2, -0.15) is 0 Å². The number of para-hydroxylation sites is 1. The highest BCUT2D eigenvalue weighted by Gasteiger charge is 2.11. The van der Waals surface area contributed by atoms with E-state index in [1.54, 1.807) is 20.3 Å². The SMILES string of the molecule is COC(Cc1ccccc1NC(=O)/C=C/c1ccccc1)OC. The molecule has 23 heavy (non-hydrogen) atoms. The molecule has 0 spiro atoms. The van der Waals surface area contributed by atoms with Crippen LogP contribution in [-0.4, -0.2) is 26.4 Å². The van der Waals surface area contributed by atoms with E-state index in [9.17, 15) is 4.79 Å². The molecule has 0 aliphatic heterocycles. The second kappa shape index (κ2) is 8.88. The summed E-state index contributed by atoms with van der Waals surface area (Å²) >= 11 is 0. The Labute approximate surface area is 136 Å². The third-order valence-electron chi connectivity index (χ3n) is 3.41. The lowest BCUT2D eigenvalue weighted by Gasteiger charge is -2.16. The first-order valence-electron chi connectivity index (χ1n) is 7.40. The Bertz CT molecular complexity index is 649. The molecule has 0 heterocycles. The van der Waals surface area contributed by atoms with Crippen LogP contribution in [0.25, 0.3) is 6.08 Å². The molecule has 0 aromatic heterocycles. The summed E-state index contributed by atoms with van der Waals surface area (Å²) in [4.78, 5) is 12.1. The van der Waals surface area contributed by atoms with Gasteiger partial charge in [-0.25, -0.2) is 0 Å². The average molecular weight is 311 g/mol. The molecule has 0 radical (unpaired) electrons. The lowest BCUT2D eigenvalue weighted by molar-refractivity contribution is -0.112. The van der Waals surface area contributed by atoms with Crippen LogP contribution >= 0.6 is 0 Å². The van der Waals surface area contributed by atoms with Crippen molar-refractivity contribution in [2.45, 2.75) is 12.7 Å². The van der Waals surface area contributed by atoms with E-state index in [-0.39, 0.29) is 12.2 Å². The zero-order valence-electron chi connectivity index (χ0n) is 13.4. The number of carbonyl (C=O) groups is 1. The summed E-state index contributed by atoms with van der Waals surface area (Å²) in [5.41, 5.74) is 2.70. The molecule has 0 fully saturated rings. The van der Waals surface area contributed by atoms with Gasteiger partial charge in [-0.05, 0) is 23.3 Å². The fourth-order valence-corrected chi connectivity index (χ4v) is 2.17.